The number of alkyl halides is 1. The number of hydrogen-bond donors (Lipinski definition) is 2. The highest BCUT2D eigenvalue weighted by molar-refractivity contribution is 6.18. The summed E-state index contributed by atoms with van der Waals surface area (Å²) < 4.78 is 0. The Morgan fingerprint density at radius 2 is 2.13 bits per heavy atom. The Morgan fingerprint density at radius 1 is 1.47 bits per heavy atom. The zero-order valence-corrected chi connectivity index (χ0v) is 9.50. The zero-order chi connectivity index (χ0) is 11.1. The Labute approximate surface area is 94.7 Å². The minimum atomic E-state index is -0.322. The maximum Gasteiger partial charge on any atom is 0.362 e. The van der Waals surface area contributed by atoms with Crippen molar-refractivity contribution < 1.29 is 10.4 Å². The molecule has 0 unspecified atom stereocenters. The van der Waals surface area contributed by atoms with E-state index in [1.54, 1.807) is 0 Å². The maximum absolute atomic E-state index is 11.6. The van der Waals surface area contributed by atoms with Crippen molar-refractivity contribution >= 4 is 17.6 Å². The molecule has 1 fully saturated rings. The van der Waals surface area contributed by atoms with E-state index in [4.69, 9.17) is 11.6 Å². The van der Waals surface area contributed by atoms with Crippen LogP contribution in [0, 0.1) is 5.21 Å². The highest BCUT2D eigenvalue weighted by Gasteiger charge is 2.19. The van der Waals surface area contributed by atoms with Crippen molar-refractivity contribution in [3.8, 4) is 0 Å². The first-order chi connectivity index (χ1) is 7.27. The number of carbonyl (C=O) groups is 1. The van der Waals surface area contributed by atoms with E-state index in [0.717, 1.165) is 30.7 Å². The molecule has 88 valence electrons. The minimum Gasteiger partial charge on any atom is -0.609 e. The van der Waals surface area contributed by atoms with Crippen LogP contribution in [0.15, 0.2) is 0 Å². The van der Waals surface area contributed by atoms with Crippen molar-refractivity contribution in [1.29, 1.82) is 0 Å². The first kappa shape index (κ1) is 12.5. The molecule has 0 aromatic heterocycles. The van der Waals surface area contributed by atoms with Crippen LogP contribution in [0.1, 0.15) is 32.1 Å². The van der Waals surface area contributed by atoms with Crippen LogP contribution in [-0.4, -0.2) is 29.5 Å². The van der Waals surface area contributed by atoms with E-state index >= 15 is 0 Å². The molecule has 5 nitrogen and oxygen atoms in total. The lowest BCUT2D eigenvalue weighted by atomic mass is 9.96. The van der Waals surface area contributed by atoms with E-state index in [0.29, 0.717) is 5.59 Å². The van der Waals surface area contributed by atoms with E-state index in [-0.39, 0.29) is 24.5 Å². The Bertz CT molecular complexity index is 198. The summed E-state index contributed by atoms with van der Waals surface area (Å²) in [5.41, 5.74) is 0.528. The summed E-state index contributed by atoms with van der Waals surface area (Å²) in [7, 11) is 0. The molecule has 0 saturated heterocycles. The normalized spacial score (nSPS) is 17.5. The summed E-state index contributed by atoms with van der Waals surface area (Å²) >= 11 is 5.48. The third-order valence-electron chi connectivity index (χ3n) is 2.65. The predicted molar refractivity (Wildman–Crippen MR) is 58.1 cm³/mol. The van der Waals surface area contributed by atoms with E-state index in [2.05, 4.69) is 5.32 Å². The molecular weight excluding hydrogens is 218 g/mol. The number of hydrogen-bond acceptors (Lipinski definition) is 2. The SMILES string of the molecule is O=C(NC1CCCCC1)N(CCCl)[NH2+][O-]. The number of nitrogens with two attached hydrogens (primary N) is 1. The van der Waals surface area contributed by atoms with E-state index in [9.17, 15) is 10.0 Å². The monoisotopic (exact) mass is 235 g/mol. The van der Waals surface area contributed by atoms with E-state index < -0.39 is 0 Å². The first-order valence-corrected chi connectivity index (χ1v) is 5.89. The Balaban J connectivity index is 2.31. The van der Waals surface area contributed by atoms with Gasteiger partial charge in [-0.15, -0.1) is 11.6 Å². The molecule has 0 aromatic carbocycles. The molecule has 1 aliphatic rings. The van der Waals surface area contributed by atoms with E-state index in [1.165, 1.54) is 6.42 Å². The number of carbonyl (C=O) groups excluding carboxylic acids is 1. The average molecular weight is 236 g/mol. The second-order valence-electron chi connectivity index (χ2n) is 3.77. The number of urea groups is 1. The fourth-order valence-electron chi connectivity index (χ4n) is 1.80. The number of quaternary nitrogens is 1. The van der Waals surface area contributed by atoms with Crippen LogP contribution in [0.3, 0.4) is 0 Å². The van der Waals surface area contributed by atoms with Crippen LogP contribution >= 0.6 is 11.6 Å². The molecule has 0 radical (unpaired) electrons. The van der Waals surface area contributed by atoms with Gasteiger partial charge < -0.3 is 10.5 Å². The van der Waals surface area contributed by atoms with Crippen molar-refractivity contribution in [2.24, 2.45) is 0 Å². The first-order valence-electron chi connectivity index (χ1n) is 5.36. The van der Waals surface area contributed by atoms with Crippen molar-refractivity contribution in [2.75, 3.05) is 12.4 Å². The number of rotatable bonds is 4. The number of amides is 2. The molecule has 0 spiro atoms. The summed E-state index contributed by atoms with van der Waals surface area (Å²) in [4.78, 5) is 11.6. The van der Waals surface area contributed by atoms with Gasteiger partial charge in [-0.05, 0) is 12.8 Å². The molecule has 0 bridgehead atoms. The number of nitrogens with zero attached hydrogens (tertiary/aromatic N) is 1. The van der Waals surface area contributed by atoms with Crippen LogP contribution in [-0.2, 0) is 0 Å². The molecule has 3 N–H and O–H groups in total. The standard InChI is InChI=1S/C9H18ClN3O2/c10-6-7-13(12-15)9(14)11-8-4-2-1-3-5-8/h8H,1-7,12H2,(H,11,14). The van der Waals surface area contributed by atoms with Gasteiger partial charge in [0, 0.05) is 11.9 Å². The molecule has 1 aliphatic carbocycles. The second kappa shape index (κ2) is 6.87. The van der Waals surface area contributed by atoms with Crippen LogP contribution in [0.25, 0.3) is 0 Å². The molecular formula is C9H18ClN3O2. The van der Waals surface area contributed by atoms with Crippen LogP contribution in [0.4, 0.5) is 4.79 Å². The summed E-state index contributed by atoms with van der Waals surface area (Å²) in [5.74, 6) is 0.275. The van der Waals surface area contributed by atoms with Gasteiger partial charge in [0.25, 0.3) is 0 Å². The molecule has 1 rings (SSSR count). The molecule has 0 aromatic rings. The van der Waals surface area contributed by atoms with Gasteiger partial charge in [-0.2, -0.15) is 5.01 Å². The van der Waals surface area contributed by atoms with Crippen molar-refractivity contribution in [1.82, 2.24) is 10.3 Å². The molecule has 0 atom stereocenters. The predicted octanol–water partition coefficient (Wildman–Crippen LogP) is 0.546. The highest BCUT2D eigenvalue weighted by Crippen LogP contribution is 2.17. The molecule has 0 heterocycles. The summed E-state index contributed by atoms with van der Waals surface area (Å²) in [5, 5.41) is 14.5. The van der Waals surface area contributed by atoms with Gasteiger partial charge in [0.15, 0.2) is 0 Å². The van der Waals surface area contributed by atoms with Gasteiger partial charge in [0.05, 0.1) is 6.54 Å². The average Bonchev–Trinajstić information content (AvgIpc) is 2.27. The van der Waals surface area contributed by atoms with E-state index in [1.807, 2.05) is 0 Å². The highest BCUT2D eigenvalue weighted by atomic mass is 35.5. The van der Waals surface area contributed by atoms with Gasteiger partial charge in [-0.1, -0.05) is 19.3 Å². The molecule has 0 aliphatic heterocycles. The van der Waals surface area contributed by atoms with Crippen molar-refractivity contribution in [3.05, 3.63) is 5.21 Å². The fraction of sp³-hybridized carbons (Fsp3) is 0.889. The topological polar surface area (TPSA) is 72.0 Å². The van der Waals surface area contributed by atoms with Gasteiger partial charge in [-0.25, -0.2) is 4.79 Å². The third kappa shape index (κ3) is 4.24. The Kier molecular flexibility index (Phi) is 5.75. The summed E-state index contributed by atoms with van der Waals surface area (Å²) in [6.45, 7) is 0.267. The van der Waals surface area contributed by atoms with Crippen LogP contribution in [0.5, 0.6) is 0 Å². The Morgan fingerprint density at radius 3 is 2.67 bits per heavy atom. The molecule has 6 heteroatoms. The lowest BCUT2D eigenvalue weighted by Gasteiger charge is -2.26. The smallest absolute Gasteiger partial charge is 0.362 e. The van der Waals surface area contributed by atoms with Gasteiger partial charge in [0.2, 0.25) is 0 Å². The van der Waals surface area contributed by atoms with Crippen molar-refractivity contribution in [3.63, 3.8) is 0 Å². The molecule has 15 heavy (non-hydrogen) atoms. The second-order valence-corrected chi connectivity index (χ2v) is 4.15. The minimum absolute atomic E-state index is 0.226. The third-order valence-corrected chi connectivity index (χ3v) is 2.82. The van der Waals surface area contributed by atoms with Gasteiger partial charge in [0.1, 0.15) is 0 Å². The summed E-state index contributed by atoms with van der Waals surface area (Å²) in [6.07, 6.45) is 5.58. The zero-order valence-electron chi connectivity index (χ0n) is 8.75. The maximum atomic E-state index is 11.6. The quantitative estimate of drug-likeness (QED) is 0.323. The van der Waals surface area contributed by atoms with Gasteiger partial charge >= 0.3 is 6.03 Å². The number of nitrogens with one attached hydrogen (secondary N) is 1. The fourth-order valence-corrected chi connectivity index (χ4v) is 1.98. The van der Waals surface area contributed by atoms with Crippen LogP contribution in [0.2, 0.25) is 0 Å². The van der Waals surface area contributed by atoms with Crippen LogP contribution < -0.4 is 10.9 Å². The molecule has 2 amide bonds. The van der Waals surface area contributed by atoms with Gasteiger partial charge in [-0.3, -0.25) is 5.59 Å². The summed E-state index contributed by atoms with van der Waals surface area (Å²) in [6, 6.07) is -0.0958. The Hall–Kier alpha value is -0.520. The molecule has 1 saturated carbocycles. The largest absolute Gasteiger partial charge is 0.609 e. The number of halogens is 1. The lowest BCUT2D eigenvalue weighted by molar-refractivity contribution is -0.731. The lowest BCUT2D eigenvalue weighted by Crippen LogP contribution is -2.91. The van der Waals surface area contributed by atoms with Crippen molar-refractivity contribution in [2.45, 2.75) is 38.1 Å².